The Morgan fingerprint density at radius 2 is 1.74 bits per heavy atom. The van der Waals surface area contributed by atoms with E-state index in [4.69, 9.17) is 4.74 Å². The molecule has 1 saturated carbocycles. The normalized spacial score (nSPS) is 22.2. The Bertz CT molecular complexity index is 510. The molecule has 0 amide bonds. The van der Waals surface area contributed by atoms with Crippen LogP contribution in [0.15, 0.2) is 12.3 Å². The summed E-state index contributed by atoms with van der Waals surface area (Å²) in [6, 6.07) is 1.36. The van der Waals surface area contributed by atoms with Crippen LogP contribution in [0.3, 0.4) is 0 Å². The second-order valence-corrected chi connectivity index (χ2v) is 6.37. The van der Waals surface area contributed by atoms with E-state index >= 15 is 0 Å². The van der Waals surface area contributed by atoms with Crippen molar-refractivity contribution in [2.45, 2.75) is 63.3 Å². The molecule has 0 atom stereocenters. The lowest BCUT2D eigenvalue weighted by Gasteiger charge is -2.39. The molecule has 2 aliphatic rings. The highest BCUT2D eigenvalue weighted by atomic mass is 19.4. The molecule has 1 aliphatic carbocycles. The molecule has 0 radical (unpaired) electrons. The van der Waals surface area contributed by atoms with Crippen LogP contribution in [-0.4, -0.2) is 40.1 Å². The average Bonchev–Trinajstić information content (AvgIpc) is 2.56. The highest BCUT2D eigenvalue weighted by molar-refractivity contribution is 5.09. The van der Waals surface area contributed by atoms with Crippen LogP contribution in [0.4, 0.5) is 13.2 Å². The van der Waals surface area contributed by atoms with E-state index in [0.717, 1.165) is 38.2 Å². The van der Waals surface area contributed by atoms with Gasteiger partial charge in [0, 0.05) is 25.3 Å². The SMILES string of the molecule is FC(F)(F)c1ccnc(OC2CCN(C3CCCCC3)CC2)n1. The van der Waals surface area contributed by atoms with Gasteiger partial charge in [0.05, 0.1) is 0 Å². The molecule has 2 fully saturated rings. The second kappa shape index (κ2) is 7.03. The fourth-order valence-corrected chi connectivity index (χ4v) is 3.51. The van der Waals surface area contributed by atoms with Crippen LogP contribution < -0.4 is 4.74 Å². The predicted molar refractivity (Wildman–Crippen MR) is 79.1 cm³/mol. The summed E-state index contributed by atoms with van der Waals surface area (Å²) < 4.78 is 43.5. The molecule has 1 saturated heterocycles. The van der Waals surface area contributed by atoms with Crippen LogP contribution in [0.25, 0.3) is 0 Å². The minimum absolute atomic E-state index is 0.0988. The Balaban J connectivity index is 1.52. The number of rotatable bonds is 3. The minimum atomic E-state index is -4.47. The number of halogens is 3. The molecule has 0 unspecified atom stereocenters. The lowest BCUT2D eigenvalue weighted by Crippen LogP contribution is -2.44. The summed E-state index contributed by atoms with van der Waals surface area (Å²) >= 11 is 0. The fourth-order valence-electron chi connectivity index (χ4n) is 3.51. The molecular weight excluding hydrogens is 307 g/mol. The zero-order chi connectivity index (χ0) is 16.3. The number of nitrogens with zero attached hydrogens (tertiary/aromatic N) is 3. The molecule has 2 heterocycles. The zero-order valence-electron chi connectivity index (χ0n) is 13.1. The summed E-state index contributed by atoms with van der Waals surface area (Å²) in [6.45, 7) is 1.88. The summed E-state index contributed by atoms with van der Waals surface area (Å²) in [5, 5.41) is 0. The first-order valence-corrected chi connectivity index (χ1v) is 8.33. The lowest BCUT2D eigenvalue weighted by atomic mass is 9.92. The van der Waals surface area contributed by atoms with Gasteiger partial charge in [0.2, 0.25) is 0 Å². The van der Waals surface area contributed by atoms with E-state index in [0.29, 0.717) is 6.04 Å². The maximum absolute atomic E-state index is 12.7. The van der Waals surface area contributed by atoms with Gasteiger partial charge in [0.15, 0.2) is 5.69 Å². The smallest absolute Gasteiger partial charge is 0.433 e. The summed E-state index contributed by atoms with van der Waals surface area (Å²) in [4.78, 5) is 9.79. The molecule has 0 spiro atoms. The molecule has 1 aromatic rings. The maximum Gasteiger partial charge on any atom is 0.433 e. The van der Waals surface area contributed by atoms with Crippen molar-refractivity contribution in [1.29, 1.82) is 0 Å². The maximum atomic E-state index is 12.7. The number of hydrogen-bond donors (Lipinski definition) is 0. The summed E-state index contributed by atoms with van der Waals surface area (Å²) in [7, 11) is 0. The lowest BCUT2D eigenvalue weighted by molar-refractivity contribution is -0.141. The van der Waals surface area contributed by atoms with Gasteiger partial charge in [-0.05, 0) is 31.7 Å². The third-order valence-electron chi connectivity index (χ3n) is 4.76. The minimum Gasteiger partial charge on any atom is -0.460 e. The zero-order valence-corrected chi connectivity index (χ0v) is 13.1. The third kappa shape index (κ3) is 4.34. The first-order valence-electron chi connectivity index (χ1n) is 8.33. The predicted octanol–water partition coefficient (Wildman–Crippen LogP) is 3.67. The first kappa shape index (κ1) is 16.5. The standard InChI is InChI=1S/C16H22F3N3O/c17-16(18,19)14-6-9-20-15(21-14)23-13-7-10-22(11-8-13)12-4-2-1-3-5-12/h6,9,12-13H,1-5,7-8,10-11H2. The van der Waals surface area contributed by atoms with Crippen molar-refractivity contribution >= 4 is 0 Å². The van der Waals surface area contributed by atoms with E-state index in [1.165, 1.54) is 32.1 Å². The molecule has 1 aliphatic heterocycles. The van der Waals surface area contributed by atoms with Gasteiger partial charge in [0.1, 0.15) is 6.10 Å². The van der Waals surface area contributed by atoms with Crippen LogP contribution in [-0.2, 0) is 6.18 Å². The van der Waals surface area contributed by atoms with Gasteiger partial charge < -0.3 is 9.64 Å². The average molecular weight is 329 g/mol. The van der Waals surface area contributed by atoms with E-state index < -0.39 is 11.9 Å². The number of ether oxygens (including phenoxy) is 1. The van der Waals surface area contributed by atoms with E-state index in [2.05, 4.69) is 14.9 Å². The molecule has 0 N–H and O–H groups in total. The summed E-state index contributed by atoms with van der Waals surface area (Å²) in [5.74, 6) is 0. The highest BCUT2D eigenvalue weighted by Gasteiger charge is 2.33. The molecule has 128 valence electrons. The Kier molecular flexibility index (Phi) is 5.04. The number of likely N-dealkylation sites (tertiary alicyclic amines) is 1. The van der Waals surface area contributed by atoms with Crippen molar-refractivity contribution < 1.29 is 17.9 Å². The summed E-state index contributed by atoms with van der Waals surface area (Å²) in [5.41, 5.74) is -0.956. The molecule has 0 bridgehead atoms. The van der Waals surface area contributed by atoms with Crippen LogP contribution in [0.1, 0.15) is 50.6 Å². The van der Waals surface area contributed by atoms with Gasteiger partial charge in [-0.2, -0.15) is 18.2 Å². The van der Waals surface area contributed by atoms with Crippen LogP contribution in [0.5, 0.6) is 6.01 Å². The van der Waals surface area contributed by atoms with Crippen LogP contribution in [0, 0.1) is 0 Å². The van der Waals surface area contributed by atoms with Crippen molar-refractivity contribution in [3.8, 4) is 6.01 Å². The number of piperidine rings is 1. The Morgan fingerprint density at radius 1 is 1.04 bits per heavy atom. The molecular formula is C16H22F3N3O. The Labute approximate surface area is 134 Å². The van der Waals surface area contributed by atoms with Gasteiger partial charge in [0.25, 0.3) is 0 Å². The van der Waals surface area contributed by atoms with Gasteiger partial charge in [-0.25, -0.2) is 4.98 Å². The topological polar surface area (TPSA) is 38.2 Å². The van der Waals surface area contributed by atoms with E-state index in [1.807, 2.05) is 0 Å². The fraction of sp³-hybridized carbons (Fsp3) is 0.750. The van der Waals surface area contributed by atoms with Gasteiger partial charge in [-0.1, -0.05) is 19.3 Å². The largest absolute Gasteiger partial charge is 0.460 e. The Morgan fingerprint density at radius 3 is 2.39 bits per heavy atom. The van der Waals surface area contributed by atoms with Gasteiger partial charge in [-0.3, -0.25) is 0 Å². The first-order chi connectivity index (χ1) is 11.0. The molecule has 0 aromatic carbocycles. The monoisotopic (exact) mass is 329 g/mol. The molecule has 1 aromatic heterocycles. The van der Waals surface area contributed by atoms with E-state index in [9.17, 15) is 13.2 Å². The number of hydrogen-bond acceptors (Lipinski definition) is 4. The highest BCUT2D eigenvalue weighted by Crippen LogP contribution is 2.29. The molecule has 4 nitrogen and oxygen atoms in total. The van der Waals surface area contributed by atoms with Crippen molar-refractivity contribution in [3.63, 3.8) is 0 Å². The molecule has 7 heteroatoms. The van der Waals surface area contributed by atoms with Crippen molar-refractivity contribution in [2.24, 2.45) is 0 Å². The van der Waals surface area contributed by atoms with Gasteiger partial charge >= 0.3 is 12.2 Å². The van der Waals surface area contributed by atoms with E-state index in [-0.39, 0.29) is 12.1 Å². The van der Waals surface area contributed by atoms with Gasteiger partial charge in [-0.15, -0.1) is 0 Å². The molecule has 23 heavy (non-hydrogen) atoms. The van der Waals surface area contributed by atoms with Crippen molar-refractivity contribution in [1.82, 2.24) is 14.9 Å². The second-order valence-electron chi connectivity index (χ2n) is 6.37. The summed E-state index contributed by atoms with van der Waals surface area (Å²) in [6.07, 6.45) is 4.64. The molecule has 3 rings (SSSR count). The van der Waals surface area contributed by atoms with Crippen molar-refractivity contribution in [3.05, 3.63) is 18.0 Å². The quantitative estimate of drug-likeness (QED) is 0.848. The number of alkyl halides is 3. The van der Waals surface area contributed by atoms with Crippen LogP contribution >= 0.6 is 0 Å². The third-order valence-corrected chi connectivity index (χ3v) is 4.76. The van der Waals surface area contributed by atoms with Crippen molar-refractivity contribution in [2.75, 3.05) is 13.1 Å². The number of aromatic nitrogens is 2. The van der Waals surface area contributed by atoms with E-state index in [1.54, 1.807) is 0 Å². The van der Waals surface area contributed by atoms with Crippen LogP contribution in [0.2, 0.25) is 0 Å². The Hall–Kier alpha value is -1.37.